The van der Waals surface area contributed by atoms with Crippen LogP contribution in [0.25, 0.3) is 0 Å². The number of alkyl halides is 1. The first kappa shape index (κ1) is 12.2. The minimum atomic E-state index is -1.53. The molecule has 1 unspecified atom stereocenters. The fourth-order valence-electron chi connectivity index (χ4n) is 1.23. The Hall–Kier alpha value is -1.89. The summed E-state index contributed by atoms with van der Waals surface area (Å²) in [5.74, 6) is -0.777. The van der Waals surface area contributed by atoms with E-state index in [2.05, 4.69) is 0 Å². The second kappa shape index (κ2) is 4.75. The zero-order valence-corrected chi connectivity index (χ0v) is 8.51. The van der Waals surface area contributed by atoms with Crippen molar-refractivity contribution in [2.75, 3.05) is 13.7 Å². The number of hydrogen-bond acceptors (Lipinski definition) is 5. The lowest BCUT2D eigenvalue weighted by molar-refractivity contribution is -0.386. The summed E-state index contributed by atoms with van der Waals surface area (Å²) in [6, 6.07) is 2.12. The van der Waals surface area contributed by atoms with Crippen molar-refractivity contribution in [2.45, 2.75) is 6.17 Å². The van der Waals surface area contributed by atoms with Crippen LogP contribution in [0.15, 0.2) is 12.1 Å². The van der Waals surface area contributed by atoms with Crippen molar-refractivity contribution in [3.63, 3.8) is 0 Å². The number of benzene rings is 1. The molecular formula is C9H11FN2O4. The van der Waals surface area contributed by atoms with E-state index in [9.17, 15) is 19.6 Å². The van der Waals surface area contributed by atoms with Crippen molar-refractivity contribution in [3.8, 4) is 11.5 Å². The van der Waals surface area contributed by atoms with Crippen LogP contribution in [0.5, 0.6) is 11.5 Å². The number of halogens is 1. The van der Waals surface area contributed by atoms with Crippen LogP contribution in [-0.4, -0.2) is 23.7 Å². The molecule has 88 valence electrons. The Labute approximate surface area is 90.6 Å². The number of aromatic hydroxyl groups is 1. The molecular weight excluding hydrogens is 219 g/mol. The topological polar surface area (TPSA) is 98.6 Å². The van der Waals surface area contributed by atoms with Crippen LogP contribution in [0.4, 0.5) is 10.1 Å². The minimum absolute atomic E-state index is 0.00356. The number of phenolic OH excluding ortho intramolecular Hbond substituents is 1. The van der Waals surface area contributed by atoms with Crippen LogP contribution >= 0.6 is 0 Å². The molecule has 0 fully saturated rings. The Morgan fingerprint density at radius 1 is 1.69 bits per heavy atom. The van der Waals surface area contributed by atoms with Crippen LogP contribution in [0.1, 0.15) is 11.7 Å². The molecule has 0 heterocycles. The van der Waals surface area contributed by atoms with Crippen LogP contribution in [0, 0.1) is 10.1 Å². The molecule has 7 heteroatoms. The molecule has 0 saturated carbocycles. The third-order valence-electron chi connectivity index (χ3n) is 2.06. The van der Waals surface area contributed by atoms with Gasteiger partial charge in [0.15, 0.2) is 5.75 Å². The first-order valence-electron chi connectivity index (χ1n) is 4.40. The van der Waals surface area contributed by atoms with E-state index in [4.69, 9.17) is 10.5 Å². The van der Waals surface area contributed by atoms with E-state index in [1.54, 1.807) is 0 Å². The number of nitro groups is 1. The SMILES string of the molecule is COc1cc(C(F)CN)cc([N+](=O)[O-])c1O. The van der Waals surface area contributed by atoms with Gasteiger partial charge in [-0.2, -0.15) is 0 Å². The van der Waals surface area contributed by atoms with E-state index in [1.807, 2.05) is 0 Å². The summed E-state index contributed by atoms with van der Waals surface area (Å²) in [5, 5.41) is 20.0. The molecule has 1 aromatic carbocycles. The van der Waals surface area contributed by atoms with Crippen molar-refractivity contribution in [2.24, 2.45) is 5.73 Å². The first-order valence-corrected chi connectivity index (χ1v) is 4.40. The lowest BCUT2D eigenvalue weighted by Crippen LogP contribution is -2.08. The van der Waals surface area contributed by atoms with Gasteiger partial charge in [-0.25, -0.2) is 4.39 Å². The van der Waals surface area contributed by atoms with Crippen molar-refractivity contribution >= 4 is 5.69 Å². The number of rotatable bonds is 4. The van der Waals surface area contributed by atoms with Gasteiger partial charge in [0, 0.05) is 12.6 Å². The Morgan fingerprint density at radius 3 is 2.75 bits per heavy atom. The highest BCUT2D eigenvalue weighted by Gasteiger charge is 2.22. The molecule has 3 N–H and O–H groups in total. The van der Waals surface area contributed by atoms with Crippen LogP contribution in [0.3, 0.4) is 0 Å². The zero-order valence-electron chi connectivity index (χ0n) is 8.51. The number of hydrogen-bond donors (Lipinski definition) is 2. The monoisotopic (exact) mass is 230 g/mol. The van der Waals surface area contributed by atoms with Gasteiger partial charge < -0.3 is 15.6 Å². The highest BCUT2D eigenvalue weighted by molar-refractivity contribution is 5.57. The van der Waals surface area contributed by atoms with Crippen molar-refractivity contribution in [3.05, 3.63) is 27.8 Å². The predicted octanol–water partition coefficient (Wildman–Crippen LogP) is 1.28. The predicted molar refractivity (Wildman–Crippen MR) is 54.2 cm³/mol. The first-order chi connectivity index (χ1) is 7.51. The van der Waals surface area contributed by atoms with Gasteiger partial charge in [0.2, 0.25) is 5.75 Å². The Balaban J connectivity index is 3.34. The van der Waals surface area contributed by atoms with Gasteiger partial charge in [-0.15, -0.1) is 0 Å². The number of nitrogens with two attached hydrogens (primary N) is 1. The van der Waals surface area contributed by atoms with Gasteiger partial charge >= 0.3 is 5.69 Å². The summed E-state index contributed by atoms with van der Waals surface area (Å²) in [6.07, 6.45) is -1.53. The number of methoxy groups -OCH3 is 1. The normalized spacial score (nSPS) is 12.2. The number of nitro benzene ring substituents is 1. The second-order valence-electron chi connectivity index (χ2n) is 3.05. The summed E-state index contributed by atoms with van der Waals surface area (Å²) >= 11 is 0. The fourth-order valence-corrected chi connectivity index (χ4v) is 1.23. The van der Waals surface area contributed by atoms with Crippen LogP contribution in [0.2, 0.25) is 0 Å². The van der Waals surface area contributed by atoms with Crippen molar-refractivity contribution in [1.29, 1.82) is 0 Å². The Kier molecular flexibility index (Phi) is 3.62. The highest BCUT2D eigenvalue weighted by atomic mass is 19.1. The lowest BCUT2D eigenvalue weighted by atomic mass is 10.1. The lowest BCUT2D eigenvalue weighted by Gasteiger charge is -2.09. The Bertz CT molecular complexity index is 411. The Morgan fingerprint density at radius 2 is 2.31 bits per heavy atom. The van der Waals surface area contributed by atoms with E-state index >= 15 is 0 Å². The van der Waals surface area contributed by atoms with E-state index in [-0.39, 0.29) is 17.9 Å². The molecule has 0 aromatic heterocycles. The summed E-state index contributed by atoms with van der Waals surface area (Å²) in [4.78, 5) is 9.77. The number of ether oxygens (including phenoxy) is 1. The standard InChI is InChI=1S/C9H11FN2O4/c1-16-8-3-5(6(10)4-11)2-7(9(8)13)12(14)15/h2-3,6,13H,4,11H2,1H3. The summed E-state index contributed by atoms with van der Waals surface area (Å²) in [6.45, 7) is -0.301. The van der Waals surface area contributed by atoms with Gasteiger partial charge in [-0.05, 0) is 11.6 Å². The van der Waals surface area contributed by atoms with Crippen molar-refractivity contribution in [1.82, 2.24) is 0 Å². The molecule has 0 saturated heterocycles. The van der Waals surface area contributed by atoms with Crippen LogP contribution in [-0.2, 0) is 0 Å². The van der Waals surface area contributed by atoms with E-state index in [1.165, 1.54) is 13.2 Å². The molecule has 1 aromatic rings. The molecule has 0 aliphatic carbocycles. The molecule has 0 aliphatic heterocycles. The average Bonchev–Trinajstić information content (AvgIpc) is 2.27. The third kappa shape index (κ3) is 2.19. The molecule has 16 heavy (non-hydrogen) atoms. The van der Waals surface area contributed by atoms with Gasteiger partial charge in [-0.1, -0.05) is 0 Å². The maximum absolute atomic E-state index is 13.3. The maximum Gasteiger partial charge on any atom is 0.315 e. The molecule has 6 nitrogen and oxygen atoms in total. The van der Waals surface area contributed by atoms with Gasteiger partial charge in [0.05, 0.1) is 12.0 Å². The zero-order chi connectivity index (χ0) is 12.3. The average molecular weight is 230 g/mol. The maximum atomic E-state index is 13.3. The van der Waals surface area contributed by atoms with E-state index in [0.29, 0.717) is 0 Å². The van der Waals surface area contributed by atoms with Crippen molar-refractivity contribution < 1.29 is 19.2 Å². The minimum Gasteiger partial charge on any atom is -0.500 e. The van der Waals surface area contributed by atoms with Gasteiger partial charge in [-0.3, -0.25) is 10.1 Å². The second-order valence-corrected chi connectivity index (χ2v) is 3.05. The molecule has 0 aliphatic rings. The number of phenols is 1. The quantitative estimate of drug-likeness (QED) is 0.599. The largest absolute Gasteiger partial charge is 0.500 e. The fraction of sp³-hybridized carbons (Fsp3) is 0.333. The third-order valence-corrected chi connectivity index (χ3v) is 2.06. The molecule has 1 atom stereocenters. The molecule has 0 amide bonds. The summed E-state index contributed by atoms with van der Waals surface area (Å²) < 4.78 is 18.0. The van der Waals surface area contributed by atoms with E-state index in [0.717, 1.165) is 6.07 Å². The number of nitrogens with zero attached hydrogens (tertiary/aromatic N) is 1. The van der Waals surface area contributed by atoms with Crippen LogP contribution < -0.4 is 10.5 Å². The summed E-state index contributed by atoms with van der Waals surface area (Å²) in [5.41, 5.74) is 4.51. The van der Waals surface area contributed by atoms with Gasteiger partial charge in [0.1, 0.15) is 6.17 Å². The molecule has 0 spiro atoms. The highest BCUT2D eigenvalue weighted by Crippen LogP contribution is 2.38. The summed E-state index contributed by atoms with van der Waals surface area (Å²) in [7, 11) is 1.22. The molecule has 0 radical (unpaired) electrons. The molecule has 0 bridgehead atoms. The smallest absolute Gasteiger partial charge is 0.315 e. The van der Waals surface area contributed by atoms with E-state index < -0.39 is 22.5 Å². The molecule has 1 rings (SSSR count). The van der Waals surface area contributed by atoms with Gasteiger partial charge in [0.25, 0.3) is 0 Å².